The zero-order valence-electron chi connectivity index (χ0n) is 3.34. The molecule has 7 heavy (non-hydrogen) atoms. The van der Waals surface area contributed by atoms with Crippen molar-refractivity contribution in [3.8, 4) is 0 Å². The minimum absolute atomic E-state index is 0. The molecule has 0 rings (SSSR count). The Hall–Kier alpha value is 1.71. The second-order valence-electron chi connectivity index (χ2n) is 0.500. The van der Waals surface area contributed by atoms with E-state index in [1.807, 2.05) is 0 Å². The van der Waals surface area contributed by atoms with Crippen LogP contribution >= 0.6 is 0 Å². The molecule has 0 aromatic heterocycles. The van der Waals surface area contributed by atoms with Crippen LogP contribution in [0.2, 0.25) is 0 Å². The van der Waals surface area contributed by atoms with Gasteiger partial charge in [0.15, 0.2) is 0 Å². The van der Waals surface area contributed by atoms with Gasteiger partial charge in [-0.15, -0.1) is 0 Å². The third kappa shape index (κ3) is 86.2. The molecule has 0 radical (unpaired) electrons. The fourth-order valence-corrected chi connectivity index (χ4v) is 0. The Morgan fingerprint density at radius 3 is 0.857 bits per heavy atom. The molecular weight excluding hydrogens is 208 g/mol. The second kappa shape index (κ2) is 5.84. The molecule has 7 heteroatoms. The zero-order chi connectivity index (χ0) is 4.50. The second-order valence-corrected chi connectivity index (χ2v) is 1.50. The van der Waals surface area contributed by atoms with Crippen LogP contribution in [0.4, 0.5) is 0 Å². The van der Waals surface area contributed by atoms with Gasteiger partial charge in [0, 0.05) is 0 Å². The van der Waals surface area contributed by atoms with Gasteiger partial charge < -0.3 is 28.2 Å². The van der Waals surface area contributed by atoms with Crippen molar-refractivity contribution < 1.29 is 45.4 Å². The minimum Gasteiger partial charge on any atom is -0.894 e. The van der Waals surface area contributed by atoms with E-state index >= 15 is 0 Å². The fraction of sp³-hybridized carbons (Fsp3) is 0. The Balaban J connectivity index is -0.0000000800. The first-order chi connectivity index (χ1) is 2.00. The monoisotopic (exact) mass is 206 g/mol. The van der Waals surface area contributed by atoms with E-state index in [1.165, 1.54) is 0 Å². The maximum Gasteiger partial charge on any atom is 4.00 e. The van der Waals surface area contributed by atoms with E-state index in [0.717, 1.165) is 0 Å². The first-order valence-electron chi connectivity index (χ1n) is 0.816. The van der Waals surface area contributed by atoms with Gasteiger partial charge >= 0.3 is 49.3 Å². The van der Waals surface area contributed by atoms with E-state index in [-0.39, 0.29) is 49.3 Å². The standard InChI is InChI=1S/Mg.O4Si.Zr/c;1-5(2,3)4;/q+2;-4;+4. The summed E-state index contributed by atoms with van der Waals surface area (Å²) < 4.78 is 0. The number of rotatable bonds is 0. The van der Waals surface area contributed by atoms with E-state index in [9.17, 15) is 0 Å². The van der Waals surface area contributed by atoms with Crippen LogP contribution in [0.25, 0.3) is 0 Å². The Morgan fingerprint density at radius 1 is 0.857 bits per heavy atom. The van der Waals surface area contributed by atoms with Crippen molar-refractivity contribution >= 4 is 32.1 Å². The summed E-state index contributed by atoms with van der Waals surface area (Å²) in [6.45, 7) is 0. The first-order valence-corrected chi connectivity index (χ1v) is 2.45. The van der Waals surface area contributed by atoms with E-state index in [4.69, 9.17) is 19.2 Å². The van der Waals surface area contributed by atoms with Crippen molar-refractivity contribution in [2.45, 2.75) is 0 Å². The van der Waals surface area contributed by atoms with Crippen LogP contribution in [0.5, 0.6) is 0 Å². The predicted molar refractivity (Wildman–Crippen MR) is 11.5 cm³/mol. The van der Waals surface area contributed by atoms with Gasteiger partial charge in [-0.3, -0.25) is 0 Å². The summed E-state index contributed by atoms with van der Waals surface area (Å²) in [5, 5.41) is 0. The van der Waals surface area contributed by atoms with Crippen molar-refractivity contribution in [1.29, 1.82) is 0 Å². The van der Waals surface area contributed by atoms with E-state index < -0.39 is 9.05 Å². The summed E-state index contributed by atoms with van der Waals surface area (Å²) in [4.78, 5) is 34.3. The molecule has 0 N–H and O–H groups in total. The van der Waals surface area contributed by atoms with Crippen LogP contribution in [0.3, 0.4) is 0 Å². The third-order valence-electron chi connectivity index (χ3n) is 0. The van der Waals surface area contributed by atoms with Gasteiger partial charge in [-0.05, 0) is 0 Å². The van der Waals surface area contributed by atoms with Gasteiger partial charge in [0.1, 0.15) is 0 Å². The smallest absolute Gasteiger partial charge is 0.894 e. The summed E-state index contributed by atoms with van der Waals surface area (Å²) >= 11 is 0. The zero-order valence-corrected chi connectivity index (χ0v) is 8.21. The van der Waals surface area contributed by atoms with Crippen LogP contribution in [-0.4, -0.2) is 32.1 Å². The molecule has 4 nitrogen and oxygen atoms in total. The van der Waals surface area contributed by atoms with Crippen molar-refractivity contribution in [3.63, 3.8) is 0 Å². The number of hydrogen-bond donors (Lipinski definition) is 0. The van der Waals surface area contributed by atoms with E-state index in [0.29, 0.717) is 0 Å². The SMILES string of the molecule is [Mg+2].[O-][Si]([O-])([O-])[O-].[Zr+4]. The molecule has 0 amide bonds. The average Bonchev–Trinajstić information content (AvgIpc) is 0.722. The Bertz CT molecular complexity index is 27.2. The largest absolute Gasteiger partial charge is 4.00 e. The van der Waals surface area contributed by atoms with Crippen molar-refractivity contribution in [3.05, 3.63) is 0 Å². The Morgan fingerprint density at radius 2 is 0.857 bits per heavy atom. The minimum atomic E-state index is -5.61. The summed E-state index contributed by atoms with van der Waals surface area (Å²) in [6, 6.07) is 0. The van der Waals surface area contributed by atoms with E-state index in [2.05, 4.69) is 0 Å². The van der Waals surface area contributed by atoms with Crippen LogP contribution < -0.4 is 19.2 Å². The molecule has 32 valence electrons. The van der Waals surface area contributed by atoms with Gasteiger partial charge in [0.2, 0.25) is 0 Å². The molecule has 0 aliphatic heterocycles. The fourth-order valence-electron chi connectivity index (χ4n) is 0. The molecule has 0 heterocycles. The van der Waals surface area contributed by atoms with E-state index in [1.54, 1.807) is 0 Å². The number of hydrogen-bond acceptors (Lipinski definition) is 4. The third-order valence-corrected chi connectivity index (χ3v) is 0. The van der Waals surface area contributed by atoms with Crippen LogP contribution in [-0.2, 0) is 26.2 Å². The maximum atomic E-state index is 8.58. The molecule has 0 saturated carbocycles. The van der Waals surface area contributed by atoms with Gasteiger partial charge in [0.25, 0.3) is 0 Å². The van der Waals surface area contributed by atoms with Gasteiger partial charge in [-0.2, -0.15) is 0 Å². The average molecular weight is 208 g/mol. The van der Waals surface area contributed by atoms with Crippen LogP contribution in [0, 0.1) is 0 Å². The molecule has 0 spiro atoms. The maximum absolute atomic E-state index is 8.58. The summed E-state index contributed by atoms with van der Waals surface area (Å²) in [6.07, 6.45) is 0. The van der Waals surface area contributed by atoms with Crippen LogP contribution in [0.1, 0.15) is 0 Å². The molecule has 0 aromatic rings. The van der Waals surface area contributed by atoms with Crippen molar-refractivity contribution in [2.75, 3.05) is 0 Å². The van der Waals surface area contributed by atoms with Gasteiger partial charge in [-0.25, -0.2) is 0 Å². The molecular formula is MgO4SiZr+2. The summed E-state index contributed by atoms with van der Waals surface area (Å²) in [5.74, 6) is 0. The van der Waals surface area contributed by atoms with Gasteiger partial charge in [0.05, 0.1) is 0 Å². The first kappa shape index (κ1) is 15.9. The Kier molecular flexibility index (Phi) is 13.2. The predicted octanol–water partition coefficient (Wildman–Crippen LogP) is -5.52. The molecule has 0 saturated heterocycles. The molecule has 0 atom stereocenters. The van der Waals surface area contributed by atoms with Crippen molar-refractivity contribution in [2.24, 2.45) is 0 Å². The normalized spacial score (nSPS) is 8.57. The van der Waals surface area contributed by atoms with Crippen LogP contribution in [0.15, 0.2) is 0 Å². The Labute approximate surface area is 76.9 Å². The molecule has 0 aliphatic rings. The molecule has 0 aromatic carbocycles. The molecule has 0 fully saturated rings. The molecule has 0 unspecified atom stereocenters. The summed E-state index contributed by atoms with van der Waals surface area (Å²) in [7, 11) is -5.61. The molecule has 0 bridgehead atoms. The quantitative estimate of drug-likeness (QED) is 0.371. The van der Waals surface area contributed by atoms with Crippen molar-refractivity contribution in [1.82, 2.24) is 0 Å². The topological polar surface area (TPSA) is 92.2 Å². The van der Waals surface area contributed by atoms with Gasteiger partial charge in [-0.1, -0.05) is 0 Å². The summed E-state index contributed by atoms with van der Waals surface area (Å²) in [5.41, 5.74) is 0. The molecule has 0 aliphatic carbocycles.